The normalized spacial score (nSPS) is 15.6. The van der Waals surface area contributed by atoms with E-state index < -0.39 is 22.8 Å². The fourth-order valence-electron chi connectivity index (χ4n) is 3.70. The molecule has 0 fully saturated rings. The van der Waals surface area contributed by atoms with Gasteiger partial charge in [-0.3, -0.25) is 4.79 Å². The zero-order valence-corrected chi connectivity index (χ0v) is 17.7. The van der Waals surface area contributed by atoms with Crippen molar-refractivity contribution in [3.05, 3.63) is 38.3 Å². The maximum absolute atomic E-state index is 12.4. The number of nitrogens with zero attached hydrogens (tertiary/aromatic N) is 1. The van der Waals surface area contributed by atoms with E-state index >= 15 is 0 Å². The molecule has 0 bridgehead atoms. The minimum absolute atomic E-state index is 0.155. The number of H-pyrrole nitrogens is 1. The quantitative estimate of drug-likeness (QED) is 0.489. The molecule has 0 saturated heterocycles. The summed E-state index contributed by atoms with van der Waals surface area (Å²) >= 11 is 6.31. The maximum atomic E-state index is 12.4. The topological polar surface area (TPSA) is 113 Å². The predicted molar refractivity (Wildman–Crippen MR) is 110 cm³/mol. The third kappa shape index (κ3) is 3.83. The van der Waals surface area contributed by atoms with Crippen LogP contribution in [0.5, 0.6) is 11.5 Å². The highest BCUT2D eigenvalue weighted by Crippen LogP contribution is 2.50. The van der Waals surface area contributed by atoms with E-state index in [1.54, 1.807) is 0 Å². The van der Waals surface area contributed by atoms with Crippen LogP contribution in [0.2, 0.25) is 5.15 Å². The summed E-state index contributed by atoms with van der Waals surface area (Å²) in [4.78, 5) is 30.9. The molecule has 0 amide bonds. The average Bonchev–Trinajstić information content (AvgIpc) is 2.60. The second kappa shape index (κ2) is 7.71. The number of fused-ring (bicyclic) bond motifs is 3. The van der Waals surface area contributed by atoms with Gasteiger partial charge >= 0.3 is 5.97 Å². The molecule has 0 aromatic carbocycles. The van der Waals surface area contributed by atoms with Gasteiger partial charge in [0.1, 0.15) is 5.75 Å². The maximum Gasteiger partial charge on any atom is 0.345 e. The molecule has 2 aromatic heterocycles. The van der Waals surface area contributed by atoms with Crippen LogP contribution in [0.1, 0.15) is 67.9 Å². The van der Waals surface area contributed by atoms with E-state index in [9.17, 15) is 19.8 Å². The number of aromatic hydroxyl groups is 1. The molecule has 1 unspecified atom stereocenters. The van der Waals surface area contributed by atoms with Gasteiger partial charge < -0.3 is 19.9 Å². The molecule has 156 valence electrons. The Hall–Kier alpha value is -2.54. The number of pyridine rings is 2. The first-order valence-electron chi connectivity index (χ1n) is 9.61. The summed E-state index contributed by atoms with van der Waals surface area (Å²) in [5.74, 6) is -1.76. The van der Waals surface area contributed by atoms with Crippen LogP contribution in [-0.4, -0.2) is 32.8 Å². The number of aromatic carboxylic acids is 1. The molecule has 0 saturated carbocycles. The Morgan fingerprint density at radius 2 is 2.10 bits per heavy atom. The van der Waals surface area contributed by atoms with E-state index in [4.69, 9.17) is 16.3 Å². The van der Waals surface area contributed by atoms with E-state index in [0.717, 1.165) is 18.4 Å². The van der Waals surface area contributed by atoms with Gasteiger partial charge in [-0.15, -0.1) is 0 Å². The third-order valence-corrected chi connectivity index (χ3v) is 5.54. The molecular formula is C21H25ClN2O5. The van der Waals surface area contributed by atoms with Crippen molar-refractivity contribution < 1.29 is 19.7 Å². The molecule has 1 aliphatic rings. The number of nitrogens with one attached hydrogen (secondary N) is 1. The summed E-state index contributed by atoms with van der Waals surface area (Å²) < 4.78 is 5.76. The number of hydrogen-bond acceptors (Lipinski definition) is 5. The molecule has 7 nitrogen and oxygen atoms in total. The van der Waals surface area contributed by atoms with Crippen molar-refractivity contribution in [1.29, 1.82) is 0 Å². The molecule has 0 radical (unpaired) electrons. The summed E-state index contributed by atoms with van der Waals surface area (Å²) in [6.07, 6.45) is 2.38. The fraction of sp³-hybridized carbons (Fsp3) is 0.476. The molecule has 2 aromatic rings. The molecule has 2 heterocycles. The van der Waals surface area contributed by atoms with Crippen molar-refractivity contribution >= 4 is 17.6 Å². The number of carbonyl (C=O) groups is 1. The number of halogens is 1. The minimum atomic E-state index is -1.48. The highest BCUT2D eigenvalue weighted by atomic mass is 35.5. The largest absolute Gasteiger partial charge is 0.506 e. The van der Waals surface area contributed by atoms with Crippen LogP contribution >= 0.6 is 11.6 Å². The Bertz CT molecular complexity index is 1020. The number of carboxylic acid groups (broad SMARTS) is 1. The van der Waals surface area contributed by atoms with Crippen molar-refractivity contribution in [2.24, 2.45) is 5.41 Å². The highest BCUT2D eigenvalue weighted by molar-refractivity contribution is 6.31. The zero-order chi connectivity index (χ0) is 21.5. The highest BCUT2D eigenvalue weighted by Gasteiger charge is 2.39. The number of rotatable bonds is 5. The van der Waals surface area contributed by atoms with Gasteiger partial charge in [-0.05, 0) is 35.8 Å². The summed E-state index contributed by atoms with van der Waals surface area (Å²) in [7, 11) is 0. The zero-order valence-electron chi connectivity index (χ0n) is 16.9. The van der Waals surface area contributed by atoms with Gasteiger partial charge in [-0.1, -0.05) is 45.7 Å². The predicted octanol–water partition coefficient (Wildman–Crippen LogP) is 4.36. The van der Waals surface area contributed by atoms with Crippen molar-refractivity contribution in [2.45, 2.75) is 52.9 Å². The van der Waals surface area contributed by atoms with Crippen LogP contribution in [0.25, 0.3) is 11.4 Å². The molecule has 3 rings (SSSR count). The lowest BCUT2D eigenvalue weighted by atomic mass is 9.69. The molecule has 1 atom stereocenters. The number of ether oxygens (including phenoxy) is 1. The summed E-state index contributed by atoms with van der Waals surface area (Å²) in [5.41, 5.74) is 0.0819. The molecule has 0 spiro atoms. The number of aromatic amines is 1. The lowest BCUT2D eigenvalue weighted by molar-refractivity contribution is 0.0691. The first-order chi connectivity index (χ1) is 13.6. The molecular weight excluding hydrogens is 396 g/mol. The van der Waals surface area contributed by atoms with Crippen molar-refractivity contribution in [2.75, 3.05) is 6.61 Å². The SMILES string of the molecule is CCCCOc1cc2c(nc1Cl)-c1[nH]c(=O)c(C(=O)O)c(O)c1C(C(C)(C)C)C2. The minimum Gasteiger partial charge on any atom is -0.506 e. The van der Waals surface area contributed by atoms with Crippen LogP contribution in [0.15, 0.2) is 10.9 Å². The molecule has 3 N–H and O–H groups in total. The first kappa shape index (κ1) is 21.2. The number of hydrogen-bond donors (Lipinski definition) is 3. The first-order valence-corrected chi connectivity index (χ1v) is 9.99. The Morgan fingerprint density at radius 3 is 2.69 bits per heavy atom. The second-order valence-corrected chi connectivity index (χ2v) is 8.74. The van der Waals surface area contributed by atoms with E-state index in [0.29, 0.717) is 35.7 Å². The van der Waals surface area contributed by atoms with Crippen LogP contribution < -0.4 is 10.3 Å². The Labute approximate surface area is 173 Å². The monoisotopic (exact) mass is 420 g/mol. The number of unbranched alkanes of at least 4 members (excludes halogenated alkanes) is 1. The van der Waals surface area contributed by atoms with Crippen LogP contribution in [0.4, 0.5) is 0 Å². The van der Waals surface area contributed by atoms with E-state index in [1.165, 1.54) is 0 Å². The summed E-state index contributed by atoms with van der Waals surface area (Å²) in [6, 6.07) is 1.82. The Balaban J connectivity index is 2.25. The van der Waals surface area contributed by atoms with Gasteiger partial charge in [-0.25, -0.2) is 9.78 Å². The van der Waals surface area contributed by atoms with Crippen LogP contribution in [0, 0.1) is 5.41 Å². The van der Waals surface area contributed by atoms with Gasteiger partial charge in [-0.2, -0.15) is 0 Å². The van der Waals surface area contributed by atoms with Crippen molar-refractivity contribution in [1.82, 2.24) is 9.97 Å². The van der Waals surface area contributed by atoms with E-state index in [2.05, 4.69) is 16.9 Å². The Morgan fingerprint density at radius 1 is 1.41 bits per heavy atom. The van der Waals surface area contributed by atoms with Gasteiger partial charge in [0.2, 0.25) is 0 Å². The van der Waals surface area contributed by atoms with Crippen LogP contribution in [0.3, 0.4) is 0 Å². The third-order valence-electron chi connectivity index (χ3n) is 5.27. The number of aromatic nitrogens is 2. The fourth-order valence-corrected chi connectivity index (χ4v) is 3.89. The smallest absolute Gasteiger partial charge is 0.345 e. The molecule has 8 heteroatoms. The molecule has 0 aliphatic heterocycles. The second-order valence-electron chi connectivity index (χ2n) is 8.38. The number of carboxylic acids is 1. The lowest BCUT2D eigenvalue weighted by Gasteiger charge is -2.36. The molecule has 29 heavy (non-hydrogen) atoms. The van der Waals surface area contributed by atoms with E-state index in [-0.39, 0.29) is 16.5 Å². The van der Waals surface area contributed by atoms with Crippen molar-refractivity contribution in [3.8, 4) is 22.9 Å². The standard InChI is InChI=1S/C21H25ClN2O5/c1-5-6-7-29-12-9-10-8-11(21(2,3)4)13-16(15(10)23-18(12)22)24-19(26)14(17(13)25)20(27)28/h9,11H,5-8H2,1-4H3,(H,27,28)(H2,24,25,26). The van der Waals surface area contributed by atoms with Gasteiger partial charge in [0.15, 0.2) is 16.5 Å². The van der Waals surface area contributed by atoms with Crippen LogP contribution in [-0.2, 0) is 6.42 Å². The van der Waals surface area contributed by atoms with E-state index in [1.807, 2.05) is 26.8 Å². The Kier molecular flexibility index (Phi) is 5.63. The summed E-state index contributed by atoms with van der Waals surface area (Å²) in [6.45, 7) is 8.59. The average molecular weight is 421 g/mol. The van der Waals surface area contributed by atoms with Crippen molar-refractivity contribution in [3.63, 3.8) is 0 Å². The summed E-state index contributed by atoms with van der Waals surface area (Å²) in [5, 5.41) is 20.3. The van der Waals surface area contributed by atoms with Gasteiger partial charge in [0.25, 0.3) is 5.56 Å². The van der Waals surface area contributed by atoms with Gasteiger partial charge in [0, 0.05) is 5.56 Å². The lowest BCUT2D eigenvalue weighted by Crippen LogP contribution is -2.29. The van der Waals surface area contributed by atoms with Gasteiger partial charge in [0.05, 0.1) is 18.0 Å². The molecule has 1 aliphatic carbocycles.